The molecule has 4 rings (SSSR count). The zero-order valence-corrected chi connectivity index (χ0v) is 19.6. The van der Waals surface area contributed by atoms with Crippen LogP contribution in [0.3, 0.4) is 0 Å². The summed E-state index contributed by atoms with van der Waals surface area (Å²) in [5, 5.41) is 0.907. The summed E-state index contributed by atoms with van der Waals surface area (Å²) >= 11 is 0. The fourth-order valence-corrected chi connectivity index (χ4v) is 4.99. The minimum Gasteiger partial charge on any atom is -0.452 e. The molecule has 0 N–H and O–H groups in total. The molecule has 32 heavy (non-hydrogen) atoms. The van der Waals surface area contributed by atoms with Crippen molar-refractivity contribution in [1.29, 1.82) is 0 Å². The summed E-state index contributed by atoms with van der Waals surface area (Å²) in [6.07, 6.45) is 1.24. The van der Waals surface area contributed by atoms with Gasteiger partial charge in [-0.05, 0) is 56.3 Å². The molecule has 1 aliphatic heterocycles. The Balaban J connectivity index is 1.48. The predicted octanol–water partition coefficient (Wildman–Crippen LogP) is 3.59. The molecule has 3 aromatic rings. The van der Waals surface area contributed by atoms with Gasteiger partial charge in [-0.3, -0.25) is 4.79 Å². The molecule has 8 heteroatoms. The first kappa shape index (κ1) is 22.4. The number of nitrogens with zero attached hydrogens (tertiary/aromatic N) is 3. The van der Waals surface area contributed by atoms with E-state index in [2.05, 4.69) is 29.7 Å². The van der Waals surface area contributed by atoms with Crippen molar-refractivity contribution in [2.75, 3.05) is 55.3 Å². The lowest BCUT2D eigenvalue weighted by atomic mass is 10.1. The summed E-state index contributed by atoms with van der Waals surface area (Å²) in [4.78, 5) is 17.4. The van der Waals surface area contributed by atoms with Gasteiger partial charge in [0.2, 0.25) is 15.8 Å². The van der Waals surface area contributed by atoms with E-state index >= 15 is 0 Å². The Kier molecular flexibility index (Phi) is 6.26. The minimum absolute atomic E-state index is 0.154. The van der Waals surface area contributed by atoms with Crippen molar-refractivity contribution in [2.24, 2.45) is 0 Å². The lowest BCUT2D eigenvalue weighted by Gasteiger charge is -2.34. The van der Waals surface area contributed by atoms with Crippen LogP contribution in [0.5, 0.6) is 0 Å². The van der Waals surface area contributed by atoms with Gasteiger partial charge in [-0.15, -0.1) is 0 Å². The van der Waals surface area contributed by atoms with Crippen LogP contribution >= 0.6 is 0 Å². The van der Waals surface area contributed by atoms with Crippen LogP contribution in [0.15, 0.2) is 52.9 Å². The van der Waals surface area contributed by atoms with E-state index in [0.717, 1.165) is 29.9 Å². The molecule has 0 unspecified atom stereocenters. The highest BCUT2D eigenvalue weighted by Gasteiger charge is 2.24. The number of hydrogen-bond acceptors (Lipinski definition) is 6. The van der Waals surface area contributed by atoms with Crippen molar-refractivity contribution in [2.45, 2.75) is 13.8 Å². The van der Waals surface area contributed by atoms with Crippen LogP contribution in [0.2, 0.25) is 0 Å². The molecule has 0 radical (unpaired) electrons. The van der Waals surface area contributed by atoms with Crippen molar-refractivity contribution in [3.63, 3.8) is 0 Å². The first-order valence-corrected chi connectivity index (χ1v) is 12.8. The molecular weight excluding hydrogens is 426 g/mol. The SMILES string of the molecule is CCN(CC)c1ccc2cc(C(=O)c3ccc(N4CCN(S(C)(=O)=O)CC4)cc3)oc2c1. The zero-order valence-electron chi connectivity index (χ0n) is 18.7. The third-order valence-electron chi connectivity index (χ3n) is 6.06. The molecule has 170 valence electrons. The minimum atomic E-state index is -3.15. The number of hydrogen-bond donors (Lipinski definition) is 0. The summed E-state index contributed by atoms with van der Waals surface area (Å²) in [5.74, 6) is 0.172. The van der Waals surface area contributed by atoms with Crippen LogP contribution in [-0.2, 0) is 10.0 Å². The number of carbonyl (C=O) groups is 1. The van der Waals surface area contributed by atoms with Gasteiger partial charge in [0.25, 0.3) is 0 Å². The van der Waals surface area contributed by atoms with Gasteiger partial charge in [-0.1, -0.05) is 0 Å². The van der Waals surface area contributed by atoms with Gasteiger partial charge in [0, 0.05) is 67.7 Å². The Labute approximate surface area is 189 Å². The molecule has 0 spiro atoms. The maximum atomic E-state index is 13.0. The number of carbonyl (C=O) groups excluding carboxylic acids is 1. The highest BCUT2D eigenvalue weighted by molar-refractivity contribution is 7.88. The fourth-order valence-electron chi connectivity index (χ4n) is 4.16. The predicted molar refractivity (Wildman–Crippen MR) is 128 cm³/mol. The van der Waals surface area contributed by atoms with Gasteiger partial charge in [0.15, 0.2) is 5.76 Å². The third-order valence-corrected chi connectivity index (χ3v) is 7.36. The molecule has 2 heterocycles. The van der Waals surface area contributed by atoms with Crippen LogP contribution < -0.4 is 9.80 Å². The van der Waals surface area contributed by atoms with Crippen LogP contribution in [-0.4, -0.2) is 64.0 Å². The van der Waals surface area contributed by atoms with Gasteiger partial charge >= 0.3 is 0 Å². The number of ketones is 1. The molecule has 2 aromatic carbocycles. The molecule has 1 saturated heterocycles. The van der Waals surface area contributed by atoms with Crippen molar-refractivity contribution in [3.05, 3.63) is 59.9 Å². The average molecular weight is 456 g/mol. The van der Waals surface area contributed by atoms with Crippen LogP contribution in [0.1, 0.15) is 30.0 Å². The van der Waals surface area contributed by atoms with Crippen molar-refractivity contribution in [3.8, 4) is 0 Å². The third kappa shape index (κ3) is 4.52. The maximum Gasteiger partial charge on any atom is 0.228 e. The van der Waals surface area contributed by atoms with Crippen molar-refractivity contribution < 1.29 is 17.6 Å². The average Bonchev–Trinajstić information content (AvgIpc) is 3.23. The Hall–Kier alpha value is -2.84. The van der Waals surface area contributed by atoms with Gasteiger partial charge in [-0.2, -0.15) is 4.31 Å². The molecule has 0 saturated carbocycles. The van der Waals surface area contributed by atoms with E-state index in [0.29, 0.717) is 43.1 Å². The number of benzene rings is 2. The molecule has 0 aliphatic carbocycles. The molecular formula is C24H29N3O4S. The summed E-state index contributed by atoms with van der Waals surface area (Å²) in [6, 6.07) is 15.2. The van der Waals surface area contributed by atoms with E-state index in [4.69, 9.17) is 4.42 Å². The van der Waals surface area contributed by atoms with Crippen molar-refractivity contribution in [1.82, 2.24) is 4.31 Å². The number of fused-ring (bicyclic) bond motifs is 1. The van der Waals surface area contributed by atoms with Gasteiger partial charge < -0.3 is 14.2 Å². The molecule has 1 fully saturated rings. The smallest absolute Gasteiger partial charge is 0.228 e. The molecule has 0 bridgehead atoms. The van der Waals surface area contributed by atoms with Gasteiger partial charge in [0.05, 0.1) is 6.26 Å². The van der Waals surface area contributed by atoms with Crippen LogP contribution in [0, 0.1) is 0 Å². The Bertz CT molecular complexity index is 1210. The number of piperazine rings is 1. The van der Waals surface area contributed by atoms with Gasteiger partial charge in [0.1, 0.15) is 5.58 Å². The highest BCUT2D eigenvalue weighted by Crippen LogP contribution is 2.27. The van der Waals surface area contributed by atoms with E-state index < -0.39 is 10.0 Å². The quantitative estimate of drug-likeness (QED) is 0.507. The maximum absolute atomic E-state index is 13.0. The molecule has 1 aromatic heterocycles. The number of anilines is 2. The fraction of sp³-hybridized carbons (Fsp3) is 0.375. The lowest BCUT2D eigenvalue weighted by Crippen LogP contribution is -2.48. The second kappa shape index (κ2) is 8.96. The van der Waals surface area contributed by atoms with E-state index in [1.807, 2.05) is 24.3 Å². The van der Waals surface area contributed by atoms with E-state index in [1.165, 1.54) is 10.6 Å². The Morgan fingerprint density at radius 3 is 2.22 bits per heavy atom. The second-order valence-corrected chi connectivity index (χ2v) is 10.0. The Morgan fingerprint density at radius 2 is 1.62 bits per heavy atom. The molecule has 0 amide bonds. The first-order valence-electron chi connectivity index (χ1n) is 10.9. The summed E-state index contributed by atoms with van der Waals surface area (Å²) in [7, 11) is -3.15. The van der Waals surface area contributed by atoms with E-state index in [1.54, 1.807) is 18.2 Å². The summed E-state index contributed by atoms with van der Waals surface area (Å²) in [5.41, 5.74) is 3.32. The number of rotatable bonds is 7. The Morgan fingerprint density at radius 1 is 0.969 bits per heavy atom. The summed E-state index contributed by atoms with van der Waals surface area (Å²) in [6.45, 7) is 8.22. The highest BCUT2D eigenvalue weighted by atomic mass is 32.2. The molecule has 1 aliphatic rings. The topological polar surface area (TPSA) is 74.1 Å². The van der Waals surface area contributed by atoms with E-state index in [-0.39, 0.29) is 5.78 Å². The first-order chi connectivity index (χ1) is 15.3. The lowest BCUT2D eigenvalue weighted by molar-refractivity contribution is 0.101. The zero-order chi connectivity index (χ0) is 22.9. The largest absolute Gasteiger partial charge is 0.452 e. The second-order valence-electron chi connectivity index (χ2n) is 8.03. The standard InChI is InChI=1S/C24H29N3O4S/c1-4-25(5-2)21-11-8-19-16-23(31-22(19)17-21)24(28)18-6-9-20(10-7-18)26-12-14-27(15-13-26)32(3,29)30/h6-11,16-17H,4-5,12-15H2,1-3H3. The van der Waals surface area contributed by atoms with Gasteiger partial charge in [-0.25, -0.2) is 8.42 Å². The van der Waals surface area contributed by atoms with Crippen molar-refractivity contribution >= 4 is 38.2 Å². The van der Waals surface area contributed by atoms with Crippen LogP contribution in [0.4, 0.5) is 11.4 Å². The van der Waals surface area contributed by atoms with E-state index in [9.17, 15) is 13.2 Å². The molecule has 7 nitrogen and oxygen atoms in total. The molecule has 0 atom stereocenters. The summed E-state index contributed by atoms with van der Waals surface area (Å²) < 4.78 is 30.8. The normalized spacial score (nSPS) is 15.3. The number of furan rings is 1. The number of sulfonamides is 1. The van der Waals surface area contributed by atoms with Crippen LogP contribution in [0.25, 0.3) is 11.0 Å². The monoisotopic (exact) mass is 455 g/mol.